The maximum atomic E-state index is 14.0. The van der Waals surface area contributed by atoms with Gasteiger partial charge in [-0.1, -0.05) is 93.6 Å². The first-order chi connectivity index (χ1) is 24.9. The molecule has 2 aromatic carbocycles. The van der Waals surface area contributed by atoms with Crippen LogP contribution in [-0.2, 0) is 27.3 Å². The van der Waals surface area contributed by atoms with Crippen molar-refractivity contribution in [1.82, 2.24) is 26.1 Å². The number of fused-ring (bicyclic) bond motifs is 1. The number of pyridine rings is 1. The lowest BCUT2D eigenvalue weighted by atomic mass is 9.86. The molecule has 11 nitrogen and oxygen atoms in total. The molecule has 5 N–H and O–H groups in total. The first-order valence-electron chi connectivity index (χ1n) is 17.9. The van der Waals surface area contributed by atoms with Crippen molar-refractivity contribution >= 4 is 17.9 Å². The molecule has 2 aliphatic carbocycles. The Morgan fingerprint density at radius 1 is 0.962 bits per heavy atom. The smallest absolute Gasteiger partial charge is 0.407 e. The number of hydrogen-bond donors (Lipinski definition) is 5. The Bertz CT molecular complexity index is 1740. The molecule has 3 amide bonds. The maximum absolute atomic E-state index is 14.0. The molecule has 276 valence electrons. The zero-order valence-corrected chi connectivity index (χ0v) is 30.5. The number of carbonyl (C=O) groups is 3. The van der Waals surface area contributed by atoms with Crippen LogP contribution in [0.2, 0.25) is 0 Å². The van der Waals surface area contributed by atoms with Crippen LogP contribution in [0.15, 0.2) is 102 Å². The minimum atomic E-state index is -1.80. The molecule has 1 saturated carbocycles. The standard InChI is InChI=1S/C41H51N5O6/c1-40(2,3)36(44-39(50)52-4)37(48)45-46(27-29-17-19-30(20-18-29)32-15-10-22-42-26-32)23-11-21-41(51,25-28-12-6-5-7-13-28)38(49)43-35-33-16-9-8-14-31(33)24-34(35)47/h5-7,10,12-20,22,26,34-36,47,51H,8-9,11,21,23-25,27H2,1-4H3,(H,43,49)(H,44,50)(H,45,48)/t34-,35+,36-,41-/m1/s1. The molecule has 2 aliphatic rings. The number of ether oxygens (including phenoxy) is 1. The molecular weight excluding hydrogens is 658 g/mol. The van der Waals surface area contributed by atoms with Crippen molar-refractivity contribution in [3.63, 3.8) is 0 Å². The summed E-state index contributed by atoms with van der Waals surface area (Å²) in [7, 11) is 1.25. The summed E-state index contributed by atoms with van der Waals surface area (Å²) in [4.78, 5) is 44.2. The van der Waals surface area contributed by atoms with Gasteiger partial charge < -0.3 is 25.6 Å². The number of aliphatic hydroxyl groups is 2. The quantitative estimate of drug-likeness (QED) is 0.147. The summed E-state index contributed by atoms with van der Waals surface area (Å²) < 4.78 is 4.80. The van der Waals surface area contributed by atoms with Gasteiger partial charge >= 0.3 is 6.09 Å². The normalized spacial score (nSPS) is 18.7. The Labute approximate surface area is 306 Å². The molecule has 11 heteroatoms. The number of nitrogens with one attached hydrogen (secondary N) is 3. The van der Waals surface area contributed by atoms with E-state index in [9.17, 15) is 24.6 Å². The number of aromatic nitrogens is 1. The number of aliphatic hydroxyl groups excluding tert-OH is 1. The molecule has 3 aromatic rings. The maximum Gasteiger partial charge on any atom is 0.407 e. The van der Waals surface area contributed by atoms with Crippen LogP contribution >= 0.6 is 0 Å². The summed E-state index contributed by atoms with van der Waals surface area (Å²) in [6.45, 7) is 6.13. The Kier molecular flexibility index (Phi) is 12.6. The largest absolute Gasteiger partial charge is 0.453 e. The van der Waals surface area contributed by atoms with Crippen LogP contribution in [0, 0.1) is 5.41 Å². The van der Waals surface area contributed by atoms with Crippen LogP contribution in [0.25, 0.3) is 11.1 Å². The van der Waals surface area contributed by atoms with Gasteiger partial charge in [0.25, 0.3) is 11.8 Å². The zero-order chi connectivity index (χ0) is 37.3. The van der Waals surface area contributed by atoms with Crippen molar-refractivity contribution in [2.45, 2.75) is 89.6 Å². The SMILES string of the molecule is COC(=O)N[C@H](C(=O)NN(CCC[C@@](O)(Cc1ccccc1)C(=O)N[C@H]1C2=CCCC=C2C[C@H]1O)Cc1ccc(-c2cccnc2)cc1)C(C)(C)C. The molecule has 0 bridgehead atoms. The van der Waals surface area contributed by atoms with Gasteiger partial charge in [0.15, 0.2) is 0 Å². The van der Waals surface area contributed by atoms with Gasteiger partial charge in [0, 0.05) is 38.3 Å². The van der Waals surface area contributed by atoms with E-state index in [4.69, 9.17) is 4.74 Å². The van der Waals surface area contributed by atoms with Crippen LogP contribution < -0.4 is 16.1 Å². The second-order valence-corrected chi connectivity index (χ2v) is 14.8. The number of hydrogen-bond acceptors (Lipinski definition) is 8. The van der Waals surface area contributed by atoms with E-state index in [1.54, 1.807) is 17.4 Å². The lowest BCUT2D eigenvalue weighted by molar-refractivity contribution is -0.142. The molecule has 0 aliphatic heterocycles. The van der Waals surface area contributed by atoms with Crippen molar-refractivity contribution in [3.05, 3.63) is 114 Å². The Balaban J connectivity index is 1.35. The number of carbonyl (C=O) groups excluding carboxylic acids is 3. The third-order valence-corrected chi connectivity index (χ3v) is 9.67. The highest BCUT2D eigenvalue weighted by molar-refractivity contribution is 5.87. The first-order valence-corrected chi connectivity index (χ1v) is 17.9. The molecule has 1 fully saturated rings. The van der Waals surface area contributed by atoms with Crippen molar-refractivity contribution in [1.29, 1.82) is 0 Å². The third-order valence-electron chi connectivity index (χ3n) is 9.67. The minimum Gasteiger partial charge on any atom is -0.453 e. The minimum absolute atomic E-state index is 0.0710. The van der Waals surface area contributed by atoms with Gasteiger partial charge in [-0.3, -0.25) is 20.0 Å². The fourth-order valence-corrected chi connectivity index (χ4v) is 6.85. The van der Waals surface area contributed by atoms with Gasteiger partial charge in [0.05, 0.1) is 19.3 Å². The first kappa shape index (κ1) is 38.4. The highest BCUT2D eigenvalue weighted by Gasteiger charge is 2.42. The number of benzene rings is 2. The summed E-state index contributed by atoms with van der Waals surface area (Å²) in [5, 5.41) is 30.4. The van der Waals surface area contributed by atoms with E-state index in [1.807, 2.05) is 87.5 Å². The molecule has 52 heavy (non-hydrogen) atoms. The van der Waals surface area contributed by atoms with Gasteiger partial charge in [-0.15, -0.1) is 0 Å². The molecule has 0 unspecified atom stereocenters. The van der Waals surface area contributed by atoms with Gasteiger partial charge in [-0.25, -0.2) is 9.80 Å². The predicted molar refractivity (Wildman–Crippen MR) is 199 cm³/mol. The summed E-state index contributed by atoms with van der Waals surface area (Å²) in [5.74, 6) is -0.980. The lowest BCUT2D eigenvalue weighted by Crippen LogP contribution is -2.57. The molecule has 4 atom stereocenters. The summed E-state index contributed by atoms with van der Waals surface area (Å²) >= 11 is 0. The van der Waals surface area contributed by atoms with Crippen LogP contribution in [-0.4, -0.2) is 75.6 Å². The van der Waals surface area contributed by atoms with Gasteiger partial charge in [-0.05, 0) is 70.6 Å². The highest BCUT2D eigenvalue weighted by atomic mass is 16.5. The van der Waals surface area contributed by atoms with Gasteiger partial charge in [0.2, 0.25) is 0 Å². The van der Waals surface area contributed by atoms with Crippen molar-refractivity contribution in [2.75, 3.05) is 13.7 Å². The Morgan fingerprint density at radius 2 is 1.69 bits per heavy atom. The van der Waals surface area contributed by atoms with E-state index < -0.39 is 47.1 Å². The van der Waals surface area contributed by atoms with E-state index in [-0.39, 0.29) is 19.4 Å². The van der Waals surface area contributed by atoms with E-state index >= 15 is 0 Å². The number of alkyl carbamates (subject to hydrolysis) is 1. The van der Waals surface area contributed by atoms with Crippen LogP contribution in [0.4, 0.5) is 4.79 Å². The topological polar surface area (TPSA) is 153 Å². The monoisotopic (exact) mass is 709 g/mol. The van der Waals surface area contributed by atoms with E-state index in [0.717, 1.165) is 46.2 Å². The summed E-state index contributed by atoms with van der Waals surface area (Å²) in [5.41, 5.74) is 6.21. The molecule has 1 aromatic heterocycles. The average molecular weight is 710 g/mol. The third kappa shape index (κ3) is 9.93. The number of hydrazine groups is 1. The molecule has 0 radical (unpaired) electrons. The number of nitrogens with zero attached hydrogens (tertiary/aromatic N) is 2. The van der Waals surface area contributed by atoms with Crippen LogP contribution in [0.5, 0.6) is 0 Å². The molecular formula is C41H51N5O6. The van der Waals surface area contributed by atoms with Crippen molar-refractivity contribution in [2.24, 2.45) is 5.41 Å². The summed E-state index contributed by atoms with van der Waals surface area (Å²) in [6.07, 6.45) is 8.89. The van der Waals surface area contributed by atoms with Gasteiger partial charge in [-0.2, -0.15) is 0 Å². The lowest BCUT2D eigenvalue weighted by Gasteiger charge is -2.33. The predicted octanol–water partition coefficient (Wildman–Crippen LogP) is 5.00. The molecule has 0 saturated heterocycles. The zero-order valence-electron chi connectivity index (χ0n) is 30.5. The van der Waals surface area contributed by atoms with Gasteiger partial charge in [0.1, 0.15) is 11.6 Å². The highest BCUT2D eigenvalue weighted by Crippen LogP contribution is 2.35. The van der Waals surface area contributed by atoms with E-state index in [2.05, 4.69) is 33.2 Å². The average Bonchev–Trinajstić information content (AvgIpc) is 3.45. The fraction of sp³-hybridized carbons (Fsp3) is 0.415. The van der Waals surface area contributed by atoms with Crippen LogP contribution in [0.1, 0.15) is 64.0 Å². The number of amides is 3. The molecule has 1 heterocycles. The number of rotatable bonds is 14. The summed E-state index contributed by atoms with van der Waals surface area (Å²) in [6, 6.07) is 19.6. The fourth-order valence-electron chi connectivity index (χ4n) is 6.85. The van der Waals surface area contributed by atoms with E-state index in [0.29, 0.717) is 19.4 Å². The second-order valence-electron chi connectivity index (χ2n) is 14.8. The van der Waals surface area contributed by atoms with Crippen LogP contribution in [0.3, 0.4) is 0 Å². The number of allylic oxidation sites excluding steroid dienone is 2. The Morgan fingerprint density at radius 3 is 2.37 bits per heavy atom. The number of methoxy groups -OCH3 is 1. The molecule has 5 rings (SSSR count). The van der Waals surface area contributed by atoms with E-state index in [1.165, 1.54) is 7.11 Å². The Hall–Kier alpha value is -4.84. The second kappa shape index (κ2) is 17.1. The molecule has 0 spiro atoms. The van der Waals surface area contributed by atoms with Crippen molar-refractivity contribution < 1.29 is 29.3 Å². The van der Waals surface area contributed by atoms with Crippen molar-refractivity contribution in [3.8, 4) is 11.1 Å².